The van der Waals surface area contributed by atoms with Crippen LogP contribution in [0.3, 0.4) is 0 Å². The SMILES string of the molecule is Cc1c(C(=O)Nc2cc(C#CCO)ccn2)cnn1C. The number of nitrogens with one attached hydrogen (secondary N) is 1. The number of carbonyl (C=O) groups is 1. The zero-order valence-electron chi connectivity index (χ0n) is 11.2. The summed E-state index contributed by atoms with van der Waals surface area (Å²) in [4.78, 5) is 16.2. The minimum absolute atomic E-state index is 0.209. The van der Waals surface area contributed by atoms with Crippen molar-refractivity contribution in [3.05, 3.63) is 41.3 Å². The van der Waals surface area contributed by atoms with Crippen LogP contribution in [0.15, 0.2) is 24.5 Å². The van der Waals surface area contributed by atoms with E-state index >= 15 is 0 Å². The molecule has 6 nitrogen and oxygen atoms in total. The van der Waals surface area contributed by atoms with Crippen molar-refractivity contribution in [3.63, 3.8) is 0 Å². The Bertz CT molecular complexity index is 695. The predicted molar refractivity (Wildman–Crippen MR) is 74.1 cm³/mol. The first-order valence-corrected chi connectivity index (χ1v) is 5.97. The van der Waals surface area contributed by atoms with Gasteiger partial charge in [-0.15, -0.1) is 0 Å². The molecule has 6 heteroatoms. The first kappa shape index (κ1) is 13.8. The molecule has 0 saturated heterocycles. The Balaban J connectivity index is 2.18. The molecular weight excluding hydrogens is 256 g/mol. The largest absolute Gasteiger partial charge is 0.384 e. The smallest absolute Gasteiger partial charge is 0.260 e. The van der Waals surface area contributed by atoms with Gasteiger partial charge < -0.3 is 10.4 Å². The number of aromatic nitrogens is 3. The van der Waals surface area contributed by atoms with Gasteiger partial charge in [0.05, 0.1) is 11.8 Å². The van der Waals surface area contributed by atoms with Crippen molar-refractivity contribution >= 4 is 11.7 Å². The number of amides is 1. The fraction of sp³-hybridized carbons (Fsp3) is 0.214. The third-order valence-corrected chi connectivity index (χ3v) is 2.79. The second kappa shape index (κ2) is 5.99. The topological polar surface area (TPSA) is 80.0 Å². The van der Waals surface area contributed by atoms with Crippen LogP contribution in [0.25, 0.3) is 0 Å². The molecule has 2 rings (SSSR count). The van der Waals surface area contributed by atoms with Crippen molar-refractivity contribution in [1.29, 1.82) is 0 Å². The Kier molecular flexibility index (Phi) is 4.13. The van der Waals surface area contributed by atoms with E-state index in [-0.39, 0.29) is 12.5 Å². The van der Waals surface area contributed by atoms with Crippen LogP contribution >= 0.6 is 0 Å². The lowest BCUT2D eigenvalue weighted by molar-refractivity contribution is 0.102. The summed E-state index contributed by atoms with van der Waals surface area (Å²) in [5, 5.41) is 15.4. The number of aliphatic hydroxyl groups is 1. The van der Waals surface area contributed by atoms with E-state index in [1.807, 2.05) is 6.92 Å². The highest BCUT2D eigenvalue weighted by Crippen LogP contribution is 2.10. The van der Waals surface area contributed by atoms with Crippen molar-refractivity contribution in [1.82, 2.24) is 14.8 Å². The van der Waals surface area contributed by atoms with E-state index in [9.17, 15) is 4.79 Å². The molecule has 2 aromatic heterocycles. The lowest BCUT2D eigenvalue weighted by atomic mass is 10.2. The van der Waals surface area contributed by atoms with Crippen molar-refractivity contribution < 1.29 is 9.90 Å². The Morgan fingerprint density at radius 2 is 2.35 bits per heavy atom. The Morgan fingerprint density at radius 3 is 3.00 bits per heavy atom. The average Bonchev–Trinajstić information content (AvgIpc) is 2.77. The van der Waals surface area contributed by atoms with Crippen molar-refractivity contribution in [2.45, 2.75) is 6.92 Å². The number of nitrogens with zero attached hydrogens (tertiary/aromatic N) is 3. The summed E-state index contributed by atoms with van der Waals surface area (Å²) in [7, 11) is 1.77. The zero-order valence-corrected chi connectivity index (χ0v) is 11.2. The number of carbonyl (C=O) groups excluding carboxylic acids is 1. The minimum atomic E-state index is -0.268. The average molecular weight is 270 g/mol. The van der Waals surface area contributed by atoms with E-state index in [1.54, 1.807) is 30.1 Å². The van der Waals surface area contributed by atoms with Crippen LogP contribution in [0, 0.1) is 18.8 Å². The molecule has 0 aliphatic rings. The number of hydrogen-bond donors (Lipinski definition) is 2. The molecule has 0 aliphatic carbocycles. The second-order valence-electron chi connectivity index (χ2n) is 4.11. The van der Waals surface area contributed by atoms with Crippen molar-refractivity contribution in [2.75, 3.05) is 11.9 Å². The summed E-state index contributed by atoms with van der Waals surface area (Å²) in [6.07, 6.45) is 3.06. The first-order chi connectivity index (χ1) is 9.61. The van der Waals surface area contributed by atoms with Gasteiger partial charge in [-0.1, -0.05) is 11.8 Å². The maximum atomic E-state index is 12.1. The summed E-state index contributed by atoms with van der Waals surface area (Å²) >= 11 is 0. The van der Waals surface area contributed by atoms with Crippen LogP contribution in [-0.2, 0) is 7.05 Å². The highest BCUT2D eigenvalue weighted by Gasteiger charge is 2.13. The molecule has 0 fully saturated rings. The van der Waals surface area contributed by atoms with Crippen LogP contribution in [0.4, 0.5) is 5.82 Å². The molecule has 0 saturated carbocycles. The second-order valence-corrected chi connectivity index (χ2v) is 4.11. The summed E-state index contributed by atoms with van der Waals surface area (Å²) in [5.74, 6) is 5.43. The van der Waals surface area contributed by atoms with E-state index in [4.69, 9.17) is 5.11 Å². The lowest BCUT2D eigenvalue weighted by Crippen LogP contribution is -2.14. The maximum Gasteiger partial charge on any atom is 0.260 e. The predicted octanol–water partition coefficient (Wildman–Crippen LogP) is 0.720. The Labute approximate surface area is 116 Å². The van der Waals surface area contributed by atoms with Crippen LogP contribution in [0.1, 0.15) is 21.6 Å². The van der Waals surface area contributed by atoms with E-state index < -0.39 is 0 Å². The van der Waals surface area contributed by atoms with Crippen LogP contribution < -0.4 is 5.32 Å². The molecule has 0 aliphatic heterocycles. The van der Waals surface area contributed by atoms with Crippen LogP contribution in [0.2, 0.25) is 0 Å². The fourth-order valence-electron chi connectivity index (χ4n) is 1.62. The summed E-state index contributed by atoms with van der Waals surface area (Å²) in [6, 6.07) is 3.35. The highest BCUT2D eigenvalue weighted by molar-refractivity contribution is 6.04. The monoisotopic (exact) mass is 270 g/mol. The molecule has 0 radical (unpaired) electrons. The van der Waals surface area contributed by atoms with Gasteiger partial charge in [0.15, 0.2) is 0 Å². The van der Waals surface area contributed by atoms with Gasteiger partial charge in [-0.05, 0) is 19.1 Å². The summed E-state index contributed by atoms with van der Waals surface area (Å²) < 4.78 is 1.63. The molecule has 2 aromatic rings. The molecule has 20 heavy (non-hydrogen) atoms. The maximum absolute atomic E-state index is 12.1. The number of aryl methyl sites for hydroxylation is 1. The van der Waals surface area contributed by atoms with Gasteiger partial charge in [-0.2, -0.15) is 5.10 Å². The quantitative estimate of drug-likeness (QED) is 0.788. The number of hydrogen-bond acceptors (Lipinski definition) is 4. The van der Waals surface area contributed by atoms with E-state index in [2.05, 4.69) is 27.2 Å². The van der Waals surface area contributed by atoms with Gasteiger partial charge in [0.2, 0.25) is 0 Å². The number of rotatable bonds is 2. The third-order valence-electron chi connectivity index (χ3n) is 2.79. The molecular formula is C14H14N4O2. The molecule has 2 heterocycles. The third kappa shape index (κ3) is 3.02. The molecule has 0 unspecified atom stereocenters. The number of anilines is 1. The summed E-state index contributed by atoms with van der Waals surface area (Å²) in [5.41, 5.74) is 1.95. The number of aliphatic hydroxyl groups excluding tert-OH is 1. The van der Waals surface area contributed by atoms with Gasteiger partial charge >= 0.3 is 0 Å². The molecule has 102 valence electrons. The van der Waals surface area contributed by atoms with Crippen molar-refractivity contribution in [3.8, 4) is 11.8 Å². The molecule has 0 bridgehead atoms. The van der Waals surface area contributed by atoms with Crippen LogP contribution in [0.5, 0.6) is 0 Å². The first-order valence-electron chi connectivity index (χ1n) is 5.97. The molecule has 1 amide bonds. The molecule has 0 spiro atoms. The normalized spacial score (nSPS) is 9.75. The summed E-state index contributed by atoms with van der Waals surface area (Å²) in [6.45, 7) is 1.61. The molecule has 2 N–H and O–H groups in total. The Morgan fingerprint density at radius 1 is 1.55 bits per heavy atom. The van der Waals surface area contributed by atoms with Crippen molar-refractivity contribution in [2.24, 2.45) is 7.05 Å². The van der Waals surface area contributed by atoms with Gasteiger partial charge in [-0.25, -0.2) is 4.98 Å². The van der Waals surface area contributed by atoms with Gasteiger partial charge in [-0.3, -0.25) is 9.48 Å². The van der Waals surface area contributed by atoms with E-state index in [0.717, 1.165) is 5.69 Å². The number of pyridine rings is 1. The lowest BCUT2D eigenvalue weighted by Gasteiger charge is -2.04. The van der Waals surface area contributed by atoms with Gasteiger partial charge in [0.1, 0.15) is 12.4 Å². The van der Waals surface area contributed by atoms with Gasteiger partial charge in [0.25, 0.3) is 5.91 Å². The fourth-order valence-corrected chi connectivity index (χ4v) is 1.62. The minimum Gasteiger partial charge on any atom is -0.384 e. The zero-order chi connectivity index (χ0) is 14.5. The van der Waals surface area contributed by atoms with Crippen LogP contribution in [-0.4, -0.2) is 32.4 Å². The Hall–Kier alpha value is -2.65. The van der Waals surface area contributed by atoms with Gasteiger partial charge in [0, 0.05) is 24.5 Å². The van der Waals surface area contributed by atoms with E-state index in [0.29, 0.717) is 16.9 Å². The molecule has 0 atom stereocenters. The van der Waals surface area contributed by atoms with E-state index in [1.165, 1.54) is 6.20 Å². The highest BCUT2D eigenvalue weighted by atomic mass is 16.2. The molecule has 0 aromatic carbocycles. The standard InChI is InChI=1S/C14H14N4O2/c1-10-12(9-16-18(10)2)14(20)17-13-8-11(4-3-7-19)5-6-15-13/h5-6,8-9,19H,7H2,1-2H3,(H,15,17,20).